The Bertz CT molecular complexity index is 350. The normalized spacial score (nSPS) is 13.1. The molecule has 0 aliphatic rings. The molecule has 3 heteroatoms. The molecule has 1 unspecified atom stereocenters. The largest absolute Gasteiger partial charge is 0.377 e. The third-order valence-electron chi connectivity index (χ3n) is 2.69. The Morgan fingerprint density at radius 1 is 1.29 bits per heavy atom. The molecule has 1 atom stereocenters. The molecule has 0 amide bonds. The minimum Gasteiger partial charge on any atom is -0.377 e. The molecule has 1 heterocycles. The maximum atomic E-state index is 5.71. The molecule has 0 spiro atoms. The van der Waals surface area contributed by atoms with Crippen molar-refractivity contribution >= 4 is 0 Å². The molecule has 1 rings (SSSR count). The molecule has 0 bridgehead atoms. The van der Waals surface area contributed by atoms with Crippen LogP contribution in [0.2, 0.25) is 0 Å². The van der Waals surface area contributed by atoms with Crippen LogP contribution in [0, 0.1) is 13.8 Å². The molecule has 1 aromatic rings. The van der Waals surface area contributed by atoms with E-state index in [9.17, 15) is 0 Å². The summed E-state index contributed by atoms with van der Waals surface area (Å²) in [6, 6.07) is 4.44. The number of aryl methyl sites for hydroxylation is 2. The second-order valence-electron chi connectivity index (χ2n) is 4.62. The molecular formula is C14H24N2O. The van der Waals surface area contributed by atoms with Crippen LogP contribution in [0.25, 0.3) is 0 Å². The molecule has 3 nitrogen and oxygen atoms in total. The smallest absolute Gasteiger partial charge is 0.0665 e. The van der Waals surface area contributed by atoms with Crippen molar-refractivity contribution in [3.63, 3.8) is 0 Å². The third kappa shape index (κ3) is 4.44. The van der Waals surface area contributed by atoms with Gasteiger partial charge in [0.1, 0.15) is 0 Å². The third-order valence-corrected chi connectivity index (χ3v) is 2.69. The fourth-order valence-electron chi connectivity index (χ4n) is 1.86. The summed E-state index contributed by atoms with van der Waals surface area (Å²) in [5, 5.41) is 3.45. The highest BCUT2D eigenvalue weighted by molar-refractivity contribution is 5.25. The second kappa shape index (κ2) is 6.72. The molecule has 0 saturated carbocycles. The maximum Gasteiger partial charge on any atom is 0.0665 e. The first-order valence-corrected chi connectivity index (χ1v) is 6.33. The maximum absolute atomic E-state index is 5.71. The first kappa shape index (κ1) is 14.1. The van der Waals surface area contributed by atoms with E-state index in [0.717, 1.165) is 17.9 Å². The van der Waals surface area contributed by atoms with Crippen molar-refractivity contribution in [2.45, 2.75) is 46.8 Å². The monoisotopic (exact) mass is 236 g/mol. The topological polar surface area (TPSA) is 34.1 Å². The Balaban J connectivity index is 2.81. The van der Waals surface area contributed by atoms with Gasteiger partial charge in [-0.05, 0) is 45.9 Å². The van der Waals surface area contributed by atoms with Crippen molar-refractivity contribution in [2.24, 2.45) is 0 Å². The molecule has 1 aromatic heterocycles. The number of hydrogen-bond donors (Lipinski definition) is 1. The van der Waals surface area contributed by atoms with Crippen LogP contribution in [0.5, 0.6) is 0 Å². The van der Waals surface area contributed by atoms with E-state index in [0.29, 0.717) is 6.61 Å². The first-order chi connectivity index (χ1) is 8.04. The van der Waals surface area contributed by atoms with Gasteiger partial charge < -0.3 is 10.1 Å². The van der Waals surface area contributed by atoms with Crippen LogP contribution >= 0.6 is 0 Å². The minimum atomic E-state index is 0.232. The summed E-state index contributed by atoms with van der Waals surface area (Å²) in [5.74, 6) is 0. The van der Waals surface area contributed by atoms with Crippen LogP contribution in [0.3, 0.4) is 0 Å². The zero-order valence-corrected chi connectivity index (χ0v) is 11.6. The lowest BCUT2D eigenvalue weighted by Crippen LogP contribution is -2.27. The summed E-state index contributed by atoms with van der Waals surface area (Å²) >= 11 is 0. The average Bonchev–Trinajstić information content (AvgIpc) is 2.24. The fourth-order valence-corrected chi connectivity index (χ4v) is 1.86. The molecule has 0 saturated heterocycles. The van der Waals surface area contributed by atoms with Crippen molar-refractivity contribution < 1.29 is 4.74 Å². The molecule has 17 heavy (non-hydrogen) atoms. The van der Waals surface area contributed by atoms with Crippen LogP contribution in [0.15, 0.2) is 12.1 Å². The van der Waals surface area contributed by atoms with Gasteiger partial charge in [0.05, 0.1) is 18.8 Å². The van der Waals surface area contributed by atoms with E-state index in [1.54, 1.807) is 0 Å². The van der Waals surface area contributed by atoms with Crippen molar-refractivity contribution in [1.29, 1.82) is 0 Å². The Morgan fingerprint density at radius 2 is 2.00 bits per heavy atom. The molecule has 0 radical (unpaired) electrons. The number of nitrogens with zero attached hydrogens (tertiary/aromatic N) is 1. The molecule has 0 aliphatic heterocycles. The van der Waals surface area contributed by atoms with Gasteiger partial charge in [-0.2, -0.15) is 0 Å². The number of likely N-dealkylation sites (N-methyl/N-ethyl adjacent to an activating group) is 1. The number of rotatable bonds is 6. The predicted octanol–water partition coefficient (Wildman–Crippen LogP) is 2.77. The minimum absolute atomic E-state index is 0.232. The molecule has 96 valence electrons. The standard InChI is InChI=1S/C14H24N2O/c1-6-15-14(9-17-10(2)3)13-8-7-11(4)16-12(13)5/h7-8,10,14-15H,6,9H2,1-5H3. The van der Waals surface area contributed by atoms with Gasteiger partial charge in [0.15, 0.2) is 0 Å². The van der Waals surface area contributed by atoms with E-state index >= 15 is 0 Å². The SMILES string of the molecule is CCNC(COC(C)C)c1ccc(C)nc1C. The fraction of sp³-hybridized carbons (Fsp3) is 0.643. The molecule has 0 aromatic carbocycles. The van der Waals surface area contributed by atoms with Crippen molar-refractivity contribution in [3.8, 4) is 0 Å². The van der Waals surface area contributed by atoms with Crippen molar-refractivity contribution in [1.82, 2.24) is 10.3 Å². The van der Waals surface area contributed by atoms with E-state index < -0.39 is 0 Å². The zero-order chi connectivity index (χ0) is 12.8. The van der Waals surface area contributed by atoms with Crippen LogP contribution in [-0.4, -0.2) is 24.2 Å². The summed E-state index contributed by atoms with van der Waals surface area (Å²) in [4.78, 5) is 4.51. The number of nitrogens with one attached hydrogen (secondary N) is 1. The van der Waals surface area contributed by atoms with Gasteiger partial charge in [0.2, 0.25) is 0 Å². The summed E-state index contributed by atoms with van der Waals surface area (Å²) in [6.07, 6.45) is 0.259. The van der Waals surface area contributed by atoms with Crippen LogP contribution < -0.4 is 5.32 Å². The summed E-state index contributed by atoms with van der Waals surface area (Å²) in [6.45, 7) is 11.9. The molecule has 0 aliphatic carbocycles. The Hall–Kier alpha value is -0.930. The first-order valence-electron chi connectivity index (χ1n) is 6.33. The number of aromatic nitrogens is 1. The highest BCUT2D eigenvalue weighted by atomic mass is 16.5. The highest BCUT2D eigenvalue weighted by Crippen LogP contribution is 2.17. The lowest BCUT2D eigenvalue weighted by atomic mass is 10.1. The van der Waals surface area contributed by atoms with Crippen molar-refractivity contribution in [3.05, 3.63) is 29.1 Å². The summed E-state index contributed by atoms with van der Waals surface area (Å²) in [5.41, 5.74) is 3.38. The Kier molecular flexibility index (Phi) is 5.59. The van der Waals surface area contributed by atoms with Gasteiger partial charge in [-0.25, -0.2) is 0 Å². The number of pyridine rings is 1. The number of hydrogen-bond acceptors (Lipinski definition) is 3. The number of ether oxygens (including phenoxy) is 1. The average molecular weight is 236 g/mol. The second-order valence-corrected chi connectivity index (χ2v) is 4.62. The summed E-state index contributed by atoms with van der Waals surface area (Å²) < 4.78 is 5.71. The van der Waals surface area contributed by atoms with Gasteiger partial charge in [-0.3, -0.25) is 4.98 Å². The van der Waals surface area contributed by atoms with E-state index in [1.165, 1.54) is 5.56 Å². The van der Waals surface area contributed by atoms with Crippen LogP contribution in [0.1, 0.15) is 43.8 Å². The van der Waals surface area contributed by atoms with E-state index in [1.807, 2.05) is 6.92 Å². The quantitative estimate of drug-likeness (QED) is 0.824. The Labute approximate surface area is 105 Å². The van der Waals surface area contributed by atoms with Crippen molar-refractivity contribution in [2.75, 3.05) is 13.2 Å². The van der Waals surface area contributed by atoms with E-state index in [4.69, 9.17) is 4.74 Å². The van der Waals surface area contributed by atoms with Crippen LogP contribution in [-0.2, 0) is 4.74 Å². The predicted molar refractivity (Wildman–Crippen MR) is 71.2 cm³/mol. The lowest BCUT2D eigenvalue weighted by molar-refractivity contribution is 0.0612. The van der Waals surface area contributed by atoms with E-state index in [-0.39, 0.29) is 12.1 Å². The zero-order valence-electron chi connectivity index (χ0n) is 11.6. The summed E-state index contributed by atoms with van der Waals surface area (Å²) in [7, 11) is 0. The highest BCUT2D eigenvalue weighted by Gasteiger charge is 2.14. The van der Waals surface area contributed by atoms with Gasteiger partial charge in [0, 0.05) is 11.4 Å². The van der Waals surface area contributed by atoms with E-state index in [2.05, 4.69) is 50.1 Å². The lowest BCUT2D eigenvalue weighted by Gasteiger charge is -2.21. The van der Waals surface area contributed by atoms with Gasteiger partial charge in [-0.15, -0.1) is 0 Å². The van der Waals surface area contributed by atoms with Gasteiger partial charge in [-0.1, -0.05) is 13.0 Å². The Morgan fingerprint density at radius 3 is 2.53 bits per heavy atom. The molecule has 0 fully saturated rings. The van der Waals surface area contributed by atoms with Gasteiger partial charge in [0.25, 0.3) is 0 Å². The molecular weight excluding hydrogens is 212 g/mol. The molecule has 1 N–H and O–H groups in total. The van der Waals surface area contributed by atoms with Gasteiger partial charge >= 0.3 is 0 Å². The van der Waals surface area contributed by atoms with Crippen LogP contribution in [0.4, 0.5) is 0 Å².